The molecule has 212 valence electrons. The highest BCUT2D eigenvalue weighted by Gasteiger charge is 2.24. The van der Waals surface area contributed by atoms with Gasteiger partial charge >= 0.3 is 0 Å². The zero-order chi connectivity index (χ0) is 30.1. The van der Waals surface area contributed by atoms with Crippen molar-refractivity contribution in [3.63, 3.8) is 0 Å². The Morgan fingerprint density at radius 1 is 0.600 bits per heavy atom. The molecule has 0 amide bonds. The van der Waals surface area contributed by atoms with Crippen LogP contribution in [0.25, 0.3) is 83.1 Å². The van der Waals surface area contributed by atoms with Crippen LogP contribution in [0.1, 0.15) is 18.3 Å². The number of nitrogen functional groups attached to an aromatic ring is 1. The standard InChI is InChI=1S/C40H26N4O/c1-2-28(36-32-15-7-8-17-34(32)45-37(36)41)40-43-38(26-19-18-23-10-3-4-11-24(23)20-26)42-39(44-40)27-21-25-12-9-16-31-29-13-5-6-14-30(29)33(22-27)35(25)31/h2-22H,41H2,1H3/b28-2+. The molecule has 5 nitrogen and oxygen atoms in total. The van der Waals surface area contributed by atoms with Crippen LogP contribution in [-0.2, 0) is 0 Å². The highest BCUT2D eigenvalue weighted by Crippen LogP contribution is 2.48. The summed E-state index contributed by atoms with van der Waals surface area (Å²) >= 11 is 0. The Balaban J connectivity index is 1.30. The number of anilines is 1. The normalized spacial score (nSPS) is 12.3. The molecule has 45 heavy (non-hydrogen) atoms. The summed E-state index contributed by atoms with van der Waals surface area (Å²) in [5, 5.41) is 5.62. The van der Waals surface area contributed by atoms with Crippen molar-refractivity contribution in [3.8, 4) is 45.0 Å². The Hall–Kier alpha value is -6.07. The molecule has 0 aliphatic heterocycles. The minimum Gasteiger partial charge on any atom is -0.440 e. The molecule has 8 aromatic rings. The third-order valence-corrected chi connectivity index (χ3v) is 8.81. The van der Waals surface area contributed by atoms with Gasteiger partial charge in [-0.1, -0.05) is 103 Å². The number of fused-ring (bicyclic) bond motifs is 5. The van der Waals surface area contributed by atoms with Gasteiger partial charge in [0.15, 0.2) is 23.4 Å². The number of nitrogens with two attached hydrogens (primary N) is 1. The van der Waals surface area contributed by atoms with E-state index in [4.69, 9.17) is 25.1 Å². The van der Waals surface area contributed by atoms with Crippen LogP contribution in [0.3, 0.4) is 0 Å². The van der Waals surface area contributed by atoms with Gasteiger partial charge in [0, 0.05) is 22.1 Å². The molecule has 0 saturated heterocycles. The number of nitrogens with zero attached hydrogens (tertiary/aromatic N) is 3. The predicted octanol–water partition coefficient (Wildman–Crippen LogP) is 9.94. The summed E-state index contributed by atoms with van der Waals surface area (Å²) in [4.78, 5) is 15.3. The van der Waals surface area contributed by atoms with Crippen LogP contribution in [0, 0.1) is 0 Å². The van der Waals surface area contributed by atoms with Gasteiger partial charge < -0.3 is 10.2 Å². The van der Waals surface area contributed by atoms with Gasteiger partial charge in [0.2, 0.25) is 0 Å². The van der Waals surface area contributed by atoms with E-state index >= 15 is 0 Å². The van der Waals surface area contributed by atoms with Gasteiger partial charge in [-0.25, -0.2) is 15.0 Å². The third kappa shape index (κ3) is 3.91. The molecular formula is C40H26N4O. The van der Waals surface area contributed by atoms with Crippen molar-refractivity contribution in [2.24, 2.45) is 0 Å². The molecule has 1 aliphatic carbocycles. The van der Waals surface area contributed by atoms with Gasteiger partial charge in [0.05, 0.1) is 5.56 Å². The zero-order valence-corrected chi connectivity index (χ0v) is 24.5. The molecule has 0 fully saturated rings. The molecule has 0 radical (unpaired) electrons. The molecule has 2 aromatic heterocycles. The highest BCUT2D eigenvalue weighted by atomic mass is 16.3. The first-order valence-electron chi connectivity index (χ1n) is 15.0. The summed E-state index contributed by atoms with van der Waals surface area (Å²) < 4.78 is 5.96. The van der Waals surface area contributed by atoms with E-state index in [1.54, 1.807) is 0 Å². The van der Waals surface area contributed by atoms with Crippen LogP contribution in [-0.4, -0.2) is 15.0 Å². The SMILES string of the molecule is C/C=C(/c1nc(-c2ccc3ccccc3c2)nc(-c2cc3c4c(cccc4c2)-c2ccccc2-3)n1)c1c(N)oc2ccccc12. The van der Waals surface area contributed by atoms with E-state index in [9.17, 15) is 0 Å². The fraction of sp³-hybridized carbons (Fsp3) is 0.0250. The summed E-state index contributed by atoms with van der Waals surface area (Å²) in [5.74, 6) is 2.06. The van der Waals surface area contributed by atoms with E-state index < -0.39 is 0 Å². The second-order valence-corrected chi connectivity index (χ2v) is 11.4. The van der Waals surface area contributed by atoms with E-state index in [0.29, 0.717) is 23.4 Å². The van der Waals surface area contributed by atoms with Gasteiger partial charge in [-0.3, -0.25) is 0 Å². The van der Waals surface area contributed by atoms with Crippen LogP contribution in [0.15, 0.2) is 132 Å². The van der Waals surface area contributed by atoms with E-state index in [-0.39, 0.29) is 0 Å². The maximum atomic E-state index is 6.50. The maximum absolute atomic E-state index is 6.50. The lowest BCUT2D eigenvalue weighted by Crippen LogP contribution is -2.04. The first-order valence-corrected chi connectivity index (χ1v) is 15.0. The number of hydrogen-bond donors (Lipinski definition) is 1. The smallest absolute Gasteiger partial charge is 0.199 e. The highest BCUT2D eigenvalue weighted by molar-refractivity contribution is 6.16. The van der Waals surface area contributed by atoms with Gasteiger partial charge in [0.1, 0.15) is 5.58 Å². The van der Waals surface area contributed by atoms with Gasteiger partial charge in [-0.2, -0.15) is 0 Å². The van der Waals surface area contributed by atoms with Crippen molar-refractivity contribution >= 4 is 44.0 Å². The zero-order valence-electron chi connectivity index (χ0n) is 24.5. The topological polar surface area (TPSA) is 77.8 Å². The summed E-state index contributed by atoms with van der Waals surface area (Å²) in [7, 11) is 0. The fourth-order valence-electron chi connectivity index (χ4n) is 6.76. The molecule has 5 heteroatoms. The number of aromatic nitrogens is 3. The molecule has 0 atom stereocenters. The first-order chi connectivity index (χ1) is 22.2. The lowest BCUT2D eigenvalue weighted by Gasteiger charge is -2.12. The van der Waals surface area contributed by atoms with E-state index in [1.807, 2.05) is 49.4 Å². The number of hydrogen-bond acceptors (Lipinski definition) is 5. The summed E-state index contributed by atoms with van der Waals surface area (Å²) in [5.41, 5.74) is 15.6. The maximum Gasteiger partial charge on any atom is 0.199 e. The Labute approximate surface area is 259 Å². The minimum absolute atomic E-state index is 0.335. The number of furan rings is 1. The lowest BCUT2D eigenvalue weighted by atomic mass is 9.99. The number of para-hydroxylation sites is 1. The largest absolute Gasteiger partial charge is 0.440 e. The summed E-state index contributed by atoms with van der Waals surface area (Å²) in [6.07, 6.45) is 2.00. The van der Waals surface area contributed by atoms with E-state index in [1.165, 1.54) is 27.6 Å². The molecular weight excluding hydrogens is 552 g/mol. The van der Waals surface area contributed by atoms with Gasteiger partial charge in [-0.15, -0.1) is 0 Å². The first kappa shape index (κ1) is 25.4. The van der Waals surface area contributed by atoms with Crippen molar-refractivity contribution < 1.29 is 4.42 Å². The molecule has 6 aromatic carbocycles. The van der Waals surface area contributed by atoms with Crippen LogP contribution in [0.2, 0.25) is 0 Å². The van der Waals surface area contributed by atoms with Crippen LogP contribution >= 0.6 is 0 Å². The van der Waals surface area contributed by atoms with Crippen LogP contribution < -0.4 is 5.73 Å². The molecule has 2 heterocycles. The summed E-state index contributed by atoms with van der Waals surface area (Å²) in [6, 6.07) is 42.0. The minimum atomic E-state index is 0.335. The second kappa shape index (κ2) is 9.73. The third-order valence-electron chi connectivity index (χ3n) is 8.81. The molecule has 0 saturated carbocycles. The van der Waals surface area contributed by atoms with E-state index in [2.05, 4.69) is 84.9 Å². The van der Waals surface area contributed by atoms with Crippen molar-refractivity contribution in [3.05, 3.63) is 139 Å². The average molecular weight is 579 g/mol. The Morgan fingerprint density at radius 3 is 2.11 bits per heavy atom. The second-order valence-electron chi connectivity index (χ2n) is 11.4. The predicted molar refractivity (Wildman–Crippen MR) is 184 cm³/mol. The van der Waals surface area contributed by atoms with Crippen molar-refractivity contribution in [2.75, 3.05) is 5.73 Å². The van der Waals surface area contributed by atoms with Gasteiger partial charge in [0.25, 0.3) is 0 Å². The summed E-state index contributed by atoms with van der Waals surface area (Å²) in [6.45, 7) is 1.98. The average Bonchev–Trinajstić information content (AvgIpc) is 3.60. The Bertz CT molecular complexity index is 2520. The Morgan fingerprint density at radius 2 is 1.27 bits per heavy atom. The quantitative estimate of drug-likeness (QED) is 0.225. The number of allylic oxidation sites excluding steroid dienone is 1. The van der Waals surface area contributed by atoms with Crippen molar-refractivity contribution in [1.29, 1.82) is 0 Å². The number of rotatable bonds is 4. The monoisotopic (exact) mass is 578 g/mol. The number of benzene rings is 6. The van der Waals surface area contributed by atoms with Crippen molar-refractivity contribution in [1.82, 2.24) is 15.0 Å². The molecule has 9 rings (SSSR count). The Kier molecular flexibility index (Phi) is 5.50. The fourth-order valence-corrected chi connectivity index (χ4v) is 6.76. The van der Waals surface area contributed by atoms with E-state index in [0.717, 1.165) is 49.4 Å². The van der Waals surface area contributed by atoms with Crippen LogP contribution in [0.5, 0.6) is 0 Å². The lowest BCUT2D eigenvalue weighted by molar-refractivity contribution is 0.636. The van der Waals surface area contributed by atoms with Crippen molar-refractivity contribution in [2.45, 2.75) is 6.92 Å². The van der Waals surface area contributed by atoms with Gasteiger partial charge in [-0.05, 0) is 75.0 Å². The molecule has 0 bridgehead atoms. The molecule has 0 unspecified atom stereocenters. The molecule has 2 N–H and O–H groups in total. The van der Waals surface area contributed by atoms with Crippen LogP contribution in [0.4, 0.5) is 5.88 Å². The molecule has 0 spiro atoms. The molecule has 1 aliphatic rings.